The second-order valence-corrected chi connectivity index (χ2v) is 5.99. The van der Waals surface area contributed by atoms with Gasteiger partial charge in [0.15, 0.2) is 0 Å². The van der Waals surface area contributed by atoms with Crippen LogP contribution in [0.15, 0.2) is 29.6 Å². The van der Waals surface area contributed by atoms with E-state index in [1.807, 2.05) is 25.3 Å². The van der Waals surface area contributed by atoms with Crippen molar-refractivity contribution in [3.63, 3.8) is 0 Å². The minimum absolute atomic E-state index is 0.126. The van der Waals surface area contributed by atoms with Gasteiger partial charge in [-0.3, -0.25) is 9.59 Å². The highest BCUT2D eigenvalue weighted by molar-refractivity contribution is 7.12. The number of rotatable bonds is 8. The van der Waals surface area contributed by atoms with Gasteiger partial charge in [-0.05, 0) is 25.3 Å². The van der Waals surface area contributed by atoms with E-state index in [0.29, 0.717) is 47.4 Å². The monoisotopic (exact) mass is 362 g/mol. The number of thiophene rings is 1. The van der Waals surface area contributed by atoms with Crippen molar-refractivity contribution in [3.8, 4) is 11.5 Å². The normalized spacial score (nSPS) is 10.2. The van der Waals surface area contributed by atoms with Crippen LogP contribution in [0.3, 0.4) is 0 Å². The molecule has 1 aromatic heterocycles. The van der Waals surface area contributed by atoms with Gasteiger partial charge in [0, 0.05) is 18.6 Å². The quantitative estimate of drug-likeness (QED) is 0.740. The maximum absolute atomic E-state index is 12.3. The van der Waals surface area contributed by atoms with Crippen LogP contribution < -0.4 is 20.1 Å². The number of ether oxygens (including phenoxy) is 2. The molecule has 134 valence electrons. The summed E-state index contributed by atoms with van der Waals surface area (Å²) >= 11 is 1.36. The molecule has 0 unspecified atom stereocenters. The van der Waals surface area contributed by atoms with Gasteiger partial charge in [0.05, 0.1) is 29.5 Å². The smallest absolute Gasteiger partial charge is 0.265 e. The molecule has 0 aliphatic carbocycles. The van der Waals surface area contributed by atoms with Crippen LogP contribution in [0.25, 0.3) is 0 Å². The van der Waals surface area contributed by atoms with Crippen LogP contribution in [-0.4, -0.2) is 25.0 Å². The molecule has 0 saturated carbocycles. The highest BCUT2D eigenvalue weighted by Gasteiger charge is 2.16. The van der Waals surface area contributed by atoms with Crippen LogP contribution in [-0.2, 0) is 4.79 Å². The zero-order valence-electron chi connectivity index (χ0n) is 14.5. The topological polar surface area (TPSA) is 76.7 Å². The molecule has 0 aliphatic heterocycles. The largest absolute Gasteiger partial charge is 0.492 e. The van der Waals surface area contributed by atoms with Gasteiger partial charge in [-0.2, -0.15) is 0 Å². The molecule has 0 bridgehead atoms. The molecule has 0 radical (unpaired) electrons. The molecular weight excluding hydrogens is 340 g/mol. The maximum atomic E-state index is 12.3. The summed E-state index contributed by atoms with van der Waals surface area (Å²) in [5.41, 5.74) is 1.02. The van der Waals surface area contributed by atoms with Gasteiger partial charge in [0.2, 0.25) is 5.91 Å². The fourth-order valence-electron chi connectivity index (χ4n) is 2.14. The summed E-state index contributed by atoms with van der Waals surface area (Å²) in [5.74, 6) is 0.610. The van der Waals surface area contributed by atoms with Gasteiger partial charge < -0.3 is 20.1 Å². The Morgan fingerprint density at radius 1 is 1.00 bits per heavy atom. The molecule has 6 nitrogen and oxygen atoms in total. The van der Waals surface area contributed by atoms with Crippen LogP contribution >= 0.6 is 11.3 Å². The van der Waals surface area contributed by atoms with Crippen molar-refractivity contribution in [2.24, 2.45) is 0 Å². The SMILES string of the molecule is CCOc1cc(NC(=O)c2cccs2)c(OCC)cc1NC(=O)CC. The number of carbonyl (C=O) groups excluding carboxylic acids is 2. The molecule has 25 heavy (non-hydrogen) atoms. The van der Waals surface area contributed by atoms with Crippen molar-refractivity contribution >= 4 is 34.5 Å². The predicted octanol–water partition coefficient (Wildman–Crippen LogP) is 4.15. The van der Waals surface area contributed by atoms with E-state index in [4.69, 9.17) is 9.47 Å². The van der Waals surface area contributed by atoms with E-state index in [2.05, 4.69) is 10.6 Å². The second-order valence-electron chi connectivity index (χ2n) is 5.04. The van der Waals surface area contributed by atoms with E-state index in [1.54, 1.807) is 25.1 Å². The summed E-state index contributed by atoms with van der Waals surface area (Å²) in [4.78, 5) is 24.7. The molecule has 0 atom stereocenters. The van der Waals surface area contributed by atoms with Crippen molar-refractivity contribution in [1.82, 2.24) is 0 Å². The third-order valence-electron chi connectivity index (χ3n) is 3.27. The highest BCUT2D eigenvalue weighted by atomic mass is 32.1. The molecule has 0 spiro atoms. The van der Waals surface area contributed by atoms with Crippen LogP contribution in [0.5, 0.6) is 11.5 Å². The van der Waals surface area contributed by atoms with E-state index in [9.17, 15) is 9.59 Å². The zero-order chi connectivity index (χ0) is 18.2. The lowest BCUT2D eigenvalue weighted by Gasteiger charge is -2.17. The van der Waals surface area contributed by atoms with Crippen LogP contribution in [0, 0.1) is 0 Å². The van der Waals surface area contributed by atoms with Gasteiger partial charge in [-0.15, -0.1) is 11.3 Å². The van der Waals surface area contributed by atoms with Crippen LogP contribution in [0.1, 0.15) is 36.9 Å². The number of carbonyl (C=O) groups is 2. The second kappa shape index (κ2) is 9.08. The fraction of sp³-hybridized carbons (Fsp3) is 0.333. The Kier molecular flexibility index (Phi) is 6.82. The zero-order valence-corrected chi connectivity index (χ0v) is 15.4. The Morgan fingerprint density at radius 3 is 2.08 bits per heavy atom. The van der Waals surface area contributed by atoms with E-state index < -0.39 is 0 Å². The standard InChI is InChI=1S/C18H22N2O4S/c1-4-17(21)19-12-10-15(24-6-3)13(11-14(12)23-5-2)20-18(22)16-8-7-9-25-16/h7-11H,4-6H2,1-3H3,(H,19,21)(H,20,22). The van der Waals surface area contributed by atoms with Crippen molar-refractivity contribution < 1.29 is 19.1 Å². The summed E-state index contributed by atoms with van der Waals surface area (Å²) in [5, 5.41) is 7.48. The molecule has 0 saturated heterocycles. The molecule has 7 heteroatoms. The Morgan fingerprint density at radius 2 is 1.60 bits per heavy atom. The van der Waals surface area contributed by atoms with Gasteiger partial charge in [-0.25, -0.2) is 0 Å². The first-order valence-electron chi connectivity index (χ1n) is 8.17. The van der Waals surface area contributed by atoms with Gasteiger partial charge in [-0.1, -0.05) is 13.0 Å². The van der Waals surface area contributed by atoms with Gasteiger partial charge >= 0.3 is 0 Å². The summed E-state index contributed by atoms with van der Waals surface area (Å²) in [7, 11) is 0. The number of benzene rings is 1. The minimum Gasteiger partial charge on any atom is -0.492 e. The average molecular weight is 362 g/mol. The first-order chi connectivity index (χ1) is 12.1. The number of hydrogen-bond acceptors (Lipinski definition) is 5. The predicted molar refractivity (Wildman–Crippen MR) is 100.0 cm³/mol. The molecule has 2 N–H and O–H groups in total. The Labute approximate surface area is 151 Å². The minimum atomic E-state index is -0.219. The molecule has 1 heterocycles. The third kappa shape index (κ3) is 4.96. The first-order valence-corrected chi connectivity index (χ1v) is 9.05. The molecule has 2 aromatic rings. The van der Waals surface area contributed by atoms with Crippen molar-refractivity contribution in [3.05, 3.63) is 34.5 Å². The summed E-state index contributed by atoms with van der Waals surface area (Å²) in [6, 6.07) is 6.91. The summed E-state index contributed by atoms with van der Waals surface area (Å²) in [6.07, 6.45) is 0.354. The lowest BCUT2D eigenvalue weighted by Crippen LogP contribution is -2.14. The number of hydrogen-bond donors (Lipinski definition) is 2. The van der Waals surface area contributed by atoms with Gasteiger partial charge in [0.1, 0.15) is 11.5 Å². The Balaban J connectivity index is 2.37. The van der Waals surface area contributed by atoms with Crippen LogP contribution in [0.2, 0.25) is 0 Å². The Hall–Kier alpha value is -2.54. The van der Waals surface area contributed by atoms with Crippen molar-refractivity contribution in [2.45, 2.75) is 27.2 Å². The molecule has 0 fully saturated rings. The molecule has 2 rings (SSSR count). The first kappa shape index (κ1) is 18.8. The van der Waals surface area contributed by atoms with E-state index in [-0.39, 0.29) is 11.8 Å². The highest BCUT2D eigenvalue weighted by Crippen LogP contribution is 2.37. The Bertz CT molecular complexity index is 729. The molecular formula is C18H22N2O4S. The third-order valence-corrected chi connectivity index (χ3v) is 4.14. The fourth-order valence-corrected chi connectivity index (χ4v) is 2.75. The average Bonchev–Trinajstić information content (AvgIpc) is 3.13. The van der Waals surface area contributed by atoms with Crippen molar-refractivity contribution in [1.29, 1.82) is 0 Å². The number of amides is 2. The lowest BCUT2D eigenvalue weighted by atomic mass is 10.2. The van der Waals surface area contributed by atoms with E-state index in [0.717, 1.165) is 0 Å². The molecule has 0 aliphatic rings. The summed E-state index contributed by atoms with van der Waals surface area (Å²) < 4.78 is 11.2. The van der Waals surface area contributed by atoms with Crippen LogP contribution in [0.4, 0.5) is 11.4 Å². The van der Waals surface area contributed by atoms with Gasteiger partial charge in [0.25, 0.3) is 5.91 Å². The maximum Gasteiger partial charge on any atom is 0.265 e. The number of nitrogens with one attached hydrogen (secondary N) is 2. The molecule has 1 aromatic carbocycles. The van der Waals surface area contributed by atoms with E-state index in [1.165, 1.54) is 11.3 Å². The molecule has 2 amide bonds. The number of anilines is 2. The summed E-state index contributed by atoms with van der Waals surface area (Å²) in [6.45, 7) is 6.34. The lowest BCUT2D eigenvalue weighted by molar-refractivity contribution is -0.115. The van der Waals surface area contributed by atoms with Crippen molar-refractivity contribution in [2.75, 3.05) is 23.8 Å². The van der Waals surface area contributed by atoms with E-state index >= 15 is 0 Å².